The third kappa shape index (κ3) is 2.77. The number of hydrogen-bond donors (Lipinski definition) is 2. The van der Waals surface area contributed by atoms with Crippen LogP contribution in [0.1, 0.15) is 25.1 Å². The summed E-state index contributed by atoms with van der Waals surface area (Å²) in [5.41, 5.74) is 4.31. The average molecular weight is 284 g/mol. The van der Waals surface area contributed by atoms with Crippen LogP contribution in [-0.4, -0.2) is 33.7 Å². The predicted molar refractivity (Wildman–Crippen MR) is 81.8 cm³/mol. The van der Waals surface area contributed by atoms with E-state index in [1.165, 1.54) is 0 Å². The Balaban J connectivity index is 1.85. The zero-order valence-electron chi connectivity index (χ0n) is 12.4. The molecule has 0 unspecified atom stereocenters. The van der Waals surface area contributed by atoms with Gasteiger partial charge in [0.15, 0.2) is 0 Å². The van der Waals surface area contributed by atoms with Gasteiger partial charge in [0.1, 0.15) is 0 Å². The van der Waals surface area contributed by atoms with E-state index in [0.717, 1.165) is 35.5 Å². The van der Waals surface area contributed by atoms with E-state index in [4.69, 9.17) is 0 Å². The van der Waals surface area contributed by atoms with Gasteiger partial charge in [0.05, 0.1) is 12.2 Å². The number of H-pyrrole nitrogens is 1. The van der Waals surface area contributed by atoms with E-state index in [2.05, 4.69) is 15.5 Å². The highest BCUT2D eigenvalue weighted by Gasteiger charge is 2.25. The summed E-state index contributed by atoms with van der Waals surface area (Å²) >= 11 is 0. The van der Waals surface area contributed by atoms with E-state index in [1.807, 2.05) is 49.1 Å². The zero-order valence-corrected chi connectivity index (χ0v) is 12.4. The molecule has 5 nitrogen and oxygen atoms in total. The molecule has 0 saturated carbocycles. The first-order valence-electron chi connectivity index (χ1n) is 7.32. The molecule has 0 fully saturated rings. The Morgan fingerprint density at radius 1 is 1.33 bits per heavy atom. The van der Waals surface area contributed by atoms with Gasteiger partial charge < -0.3 is 10.2 Å². The first-order chi connectivity index (χ1) is 10.1. The number of aromatic nitrogens is 2. The standard InChI is InChI=1S/C16H20N4O/c1-11(2)17-16(21)20-9-8-14-13(10-20)15(19-18-14)12-6-4-3-5-7-12/h3-7,11H,8-10H2,1-2H3,(H,17,21)(H,18,19). The van der Waals surface area contributed by atoms with Gasteiger partial charge >= 0.3 is 6.03 Å². The van der Waals surface area contributed by atoms with E-state index in [9.17, 15) is 4.79 Å². The molecule has 2 N–H and O–H groups in total. The second-order valence-electron chi connectivity index (χ2n) is 5.67. The first kappa shape index (κ1) is 13.7. The normalized spacial score (nSPS) is 14.1. The fraction of sp³-hybridized carbons (Fsp3) is 0.375. The Labute approximate surface area is 124 Å². The molecule has 1 aliphatic heterocycles. The number of hydrogen-bond acceptors (Lipinski definition) is 2. The molecule has 21 heavy (non-hydrogen) atoms. The molecule has 2 heterocycles. The van der Waals surface area contributed by atoms with Crippen molar-refractivity contribution in [1.29, 1.82) is 0 Å². The van der Waals surface area contributed by atoms with E-state index in [-0.39, 0.29) is 12.1 Å². The van der Waals surface area contributed by atoms with Crippen molar-refractivity contribution in [3.8, 4) is 11.3 Å². The SMILES string of the molecule is CC(C)NC(=O)N1CCc2[nH]nc(-c3ccccc3)c2C1. The van der Waals surface area contributed by atoms with Crippen LogP contribution < -0.4 is 5.32 Å². The largest absolute Gasteiger partial charge is 0.336 e. The number of benzene rings is 1. The van der Waals surface area contributed by atoms with Crippen LogP contribution in [0.5, 0.6) is 0 Å². The second kappa shape index (κ2) is 5.60. The van der Waals surface area contributed by atoms with Crippen molar-refractivity contribution in [2.24, 2.45) is 0 Å². The lowest BCUT2D eigenvalue weighted by atomic mass is 10.0. The van der Waals surface area contributed by atoms with Crippen LogP contribution in [0.3, 0.4) is 0 Å². The van der Waals surface area contributed by atoms with Crippen LogP contribution in [0.15, 0.2) is 30.3 Å². The van der Waals surface area contributed by atoms with Gasteiger partial charge in [-0.15, -0.1) is 0 Å². The van der Waals surface area contributed by atoms with Crippen molar-refractivity contribution in [1.82, 2.24) is 20.4 Å². The summed E-state index contributed by atoms with van der Waals surface area (Å²) in [6.07, 6.45) is 0.820. The van der Waals surface area contributed by atoms with Gasteiger partial charge in [0.25, 0.3) is 0 Å². The molecule has 0 aliphatic carbocycles. The fourth-order valence-corrected chi connectivity index (χ4v) is 2.64. The molecule has 0 radical (unpaired) electrons. The minimum absolute atomic E-state index is 0.00383. The number of amides is 2. The number of urea groups is 1. The maximum absolute atomic E-state index is 12.2. The van der Waals surface area contributed by atoms with E-state index in [1.54, 1.807) is 0 Å². The lowest BCUT2D eigenvalue weighted by molar-refractivity contribution is 0.190. The lowest BCUT2D eigenvalue weighted by Crippen LogP contribution is -2.45. The molecule has 2 amide bonds. The third-order valence-corrected chi connectivity index (χ3v) is 3.68. The van der Waals surface area contributed by atoms with Crippen molar-refractivity contribution < 1.29 is 4.79 Å². The number of nitrogens with one attached hydrogen (secondary N) is 2. The summed E-state index contributed by atoms with van der Waals surface area (Å²) < 4.78 is 0. The van der Waals surface area contributed by atoms with Crippen molar-refractivity contribution in [2.75, 3.05) is 6.54 Å². The summed E-state index contributed by atoms with van der Waals surface area (Å²) in [5, 5.41) is 10.5. The number of carbonyl (C=O) groups is 1. The maximum Gasteiger partial charge on any atom is 0.317 e. The minimum Gasteiger partial charge on any atom is -0.336 e. The molecule has 2 aromatic rings. The highest BCUT2D eigenvalue weighted by atomic mass is 16.2. The van der Waals surface area contributed by atoms with Gasteiger partial charge in [-0.1, -0.05) is 30.3 Å². The quantitative estimate of drug-likeness (QED) is 0.890. The maximum atomic E-state index is 12.2. The van der Waals surface area contributed by atoms with Crippen LogP contribution in [0.25, 0.3) is 11.3 Å². The van der Waals surface area contributed by atoms with Crippen LogP contribution in [0.4, 0.5) is 4.79 Å². The Kier molecular flexibility index (Phi) is 3.64. The number of fused-ring (bicyclic) bond motifs is 1. The van der Waals surface area contributed by atoms with Gasteiger partial charge in [-0.25, -0.2) is 4.79 Å². The molecule has 1 aromatic carbocycles. The van der Waals surface area contributed by atoms with Crippen molar-refractivity contribution >= 4 is 6.03 Å². The molecule has 110 valence electrons. The Morgan fingerprint density at radius 2 is 2.10 bits per heavy atom. The van der Waals surface area contributed by atoms with E-state index < -0.39 is 0 Å². The molecule has 0 atom stereocenters. The number of nitrogens with zero attached hydrogens (tertiary/aromatic N) is 2. The summed E-state index contributed by atoms with van der Waals surface area (Å²) in [4.78, 5) is 14.0. The minimum atomic E-state index is -0.00383. The van der Waals surface area contributed by atoms with Gasteiger partial charge in [0, 0.05) is 35.8 Å². The van der Waals surface area contributed by atoms with Crippen LogP contribution in [-0.2, 0) is 13.0 Å². The lowest BCUT2D eigenvalue weighted by Gasteiger charge is -2.28. The highest BCUT2D eigenvalue weighted by Crippen LogP contribution is 2.28. The number of aromatic amines is 1. The Hall–Kier alpha value is -2.30. The van der Waals surface area contributed by atoms with Crippen molar-refractivity contribution in [2.45, 2.75) is 32.9 Å². The molecule has 5 heteroatoms. The molecular weight excluding hydrogens is 264 g/mol. The topological polar surface area (TPSA) is 61.0 Å². The van der Waals surface area contributed by atoms with Gasteiger partial charge in [0.2, 0.25) is 0 Å². The average Bonchev–Trinajstić information content (AvgIpc) is 2.90. The zero-order chi connectivity index (χ0) is 14.8. The van der Waals surface area contributed by atoms with E-state index >= 15 is 0 Å². The molecule has 0 bridgehead atoms. The number of rotatable bonds is 2. The molecule has 0 saturated heterocycles. The van der Waals surface area contributed by atoms with Crippen LogP contribution >= 0.6 is 0 Å². The Morgan fingerprint density at radius 3 is 2.81 bits per heavy atom. The van der Waals surface area contributed by atoms with Crippen molar-refractivity contribution in [3.05, 3.63) is 41.6 Å². The molecule has 3 rings (SSSR count). The highest BCUT2D eigenvalue weighted by molar-refractivity contribution is 5.75. The van der Waals surface area contributed by atoms with Gasteiger partial charge in [-0.2, -0.15) is 5.10 Å². The van der Waals surface area contributed by atoms with Gasteiger partial charge in [-0.3, -0.25) is 5.10 Å². The predicted octanol–water partition coefficient (Wildman–Crippen LogP) is 2.55. The van der Waals surface area contributed by atoms with Crippen molar-refractivity contribution in [3.63, 3.8) is 0 Å². The summed E-state index contributed by atoms with van der Waals surface area (Å²) in [6.45, 7) is 5.28. The Bertz CT molecular complexity index is 633. The van der Waals surface area contributed by atoms with Crippen LogP contribution in [0, 0.1) is 0 Å². The van der Waals surface area contributed by atoms with Gasteiger partial charge in [-0.05, 0) is 13.8 Å². The first-order valence-corrected chi connectivity index (χ1v) is 7.32. The molecule has 1 aliphatic rings. The fourth-order valence-electron chi connectivity index (χ4n) is 2.64. The summed E-state index contributed by atoms with van der Waals surface area (Å²) in [7, 11) is 0. The third-order valence-electron chi connectivity index (χ3n) is 3.68. The van der Waals surface area contributed by atoms with E-state index in [0.29, 0.717) is 6.54 Å². The second-order valence-corrected chi connectivity index (χ2v) is 5.67. The molecule has 0 spiro atoms. The summed E-state index contributed by atoms with van der Waals surface area (Å²) in [6, 6.07) is 10.2. The number of carbonyl (C=O) groups excluding carboxylic acids is 1. The summed E-state index contributed by atoms with van der Waals surface area (Å²) in [5.74, 6) is 0. The monoisotopic (exact) mass is 284 g/mol. The molecular formula is C16H20N4O. The van der Waals surface area contributed by atoms with Crippen LogP contribution in [0.2, 0.25) is 0 Å². The smallest absolute Gasteiger partial charge is 0.317 e. The molecule has 1 aromatic heterocycles.